The van der Waals surface area contributed by atoms with Gasteiger partial charge in [-0.2, -0.15) is 0 Å². The Morgan fingerprint density at radius 2 is 1.72 bits per heavy atom. The summed E-state index contributed by atoms with van der Waals surface area (Å²) in [6, 6.07) is 9.19. The molecule has 0 aromatic heterocycles. The zero-order valence-electron chi connectivity index (χ0n) is 17.9. The van der Waals surface area contributed by atoms with Crippen LogP contribution >= 0.6 is 24.0 Å². The number of anilines is 1. The number of hydrogen-bond acceptors (Lipinski definition) is 8. The van der Waals surface area contributed by atoms with Crippen LogP contribution < -0.4 is 19.5 Å². The zero-order chi connectivity index (χ0) is 23.4. The summed E-state index contributed by atoms with van der Waals surface area (Å²) in [6.07, 6.45) is 1.61. The van der Waals surface area contributed by atoms with Gasteiger partial charge in [-0.3, -0.25) is 14.5 Å². The van der Waals surface area contributed by atoms with Crippen LogP contribution in [0, 0.1) is 0 Å². The van der Waals surface area contributed by atoms with Gasteiger partial charge in [-0.1, -0.05) is 24.0 Å². The standard InChI is InChI=1S/C22H22N2O6S2/c1-12(20(26)23-14-5-7-15(28-2)8-6-14)24-21(27)18(32-22(24)31)11-13-9-16(29-3)19(25)17(10-13)30-4/h5-12,25H,1-4H3,(H,23,26)/b18-11-. The minimum atomic E-state index is -0.820. The van der Waals surface area contributed by atoms with E-state index in [0.29, 0.717) is 21.9 Å². The largest absolute Gasteiger partial charge is 0.502 e. The monoisotopic (exact) mass is 474 g/mol. The molecule has 10 heteroatoms. The quantitative estimate of drug-likeness (QED) is 0.464. The van der Waals surface area contributed by atoms with Crippen LogP contribution in [-0.2, 0) is 9.59 Å². The highest BCUT2D eigenvalue weighted by molar-refractivity contribution is 8.26. The van der Waals surface area contributed by atoms with Gasteiger partial charge in [0.25, 0.3) is 5.91 Å². The molecule has 0 aliphatic carbocycles. The lowest BCUT2D eigenvalue weighted by molar-refractivity contribution is -0.129. The maximum absolute atomic E-state index is 13.0. The molecule has 0 radical (unpaired) electrons. The molecule has 2 aromatic rings. The molecule has 1 atom stereocenters. The van der Waals surface area contributed by atoms with Crippen molar-refractivity contribution in [1.29, 1.82) is 0 Å². The molecule has 0 bridgehead atoms. The average Bonchev–Trinajstić information content (AvgIpc) is 3.07. The fourth-order valence-corrected chi connectivity index (χ4v) is 4.42. The number of methoxy groups -OCH3 is 3. The Balaban J connectivity index is 1.79. The molecule has 1 heterocycles. The first-order valence-electron chi connectivity index (χ1n) is 9.46. The molecule has 2 aromatic carbocycles. The van der Waals surface area contributed by atoms with Crippen molar-refractivity contribution in [3.05, 3.63) is 46.9 Å². The van der Waals surface area contributed by atoms with Gasteiger partial charge in [0.05, 0.1) is 26.2 Å². The van der Waals surface area contributed by atoms with Crippen LogP contribution in [0.1, 0.15) is 12.5 Å². The lowest BCUT2D eigenvalue weighted by Crippen LogP contribution is -2.44. The maximum Gasteiger partial charge on any atom is 0.266 e. The molecule has 8 nitrogen and oxygen atoms in total. The van der Waals surface area contributed by atoms with Crippen LogP contribution in [-0.4, -0.2) is 53.5 Å². The van der Waals surface area contributed by atoms with Crippen LogP contribution in [0.5, 0.6) is 23.0 Å². The smallest absolute Gasteiger partial charge is 0.266 e. The van der Waals surface area contributed by atoms with Gasteiger partial charge in [0.15, 0.2) is 11.5 Å². The van der Waals surface area contributed by atoms with Crippen molar-refractivity contribution in [2.24, 2.45) is 0 Å². The fourth-order valence-electron chi connectivity index (χ4n) is 3.00. The number of benzene rings is 2. The number of hydrogen-bond donors (Lipinski definition) is 2. The van der Waals surface area contributed by atoms with Crippen LogP contribution in [0.3, 0.4) is 0 Å². The SMILES string of the molecule is COc1ccc(NC(=O)C(C)N2C(=O)/C(=C/c3cc(OC)c(O)c(OC)c3)SC2=S)cc1. The molecule has 0 spiro atoms. The Kier molecular flexibility index (Phi) is 7.26. The number of thioether (sulfide) groups is 1. The van der Waals surface area contributed by atoms with Crippen LogP contribution in [0.25, 0.3) is 6.08 Å². The highest BCUT2D eigenvalue weighted by atomic mass is 32.2. The topological polar surface area (TPSA) is 97.3 Å². The third-order valence-corrected chi connectivity index (χ3v) is 6.08. The van der Waals surface area contributed by atoms with E-state index in [1.165, 1.54) is 19.1 Å². The van der Waals surface area contributed by atoms with Crippen molar-refractivity contribution in [3.63, 3.8) is 0 Å². The van der Waals surface area contributed by atoms with Crippen molar-refractivity contribution in [2.75, 3.05) is 26.6 Å². The van der Waals surface area contributed by atoms with Gasteiger partial charge in [-0.15, -0.1) is 0 Å². The normalized spacial score (nSPS) is 15.6. The van der Waals surface area contributed by atoms with E-state index >= 15 is 0 Å². The van der Waals surface area contributed by atoms with Crippen molar-refractivity contribution in [2.45, 2.75) is 13.0 Å². The number of aromatic hydroxyl groups is 1. The van der Waals surface area contributed by atoms with E-state index in [9.17, 15) is 14.7 Å². The molecule has 2 N–H and O–H groups in total. The summed E-state index contributed by atoms with van der Waals surface area (Å²) in [5.41, 5.74) is 1.15. The van der Waals surface area contributed by atoms with Crippen LogP contribution in [0.4, 0.5) is 5.69 Å². The number of amides is 2. The summed E-state index contributed by atoms with van der Waals surface area (Å²) in [5.74, 6) is 0.185. The Morgan fingerprint density at radius 1 is 1.12 bits per heavy atom. The number of thiocarbonyl (C=S) groups is 1. The highest BCUT2D eigenvalue weighted by Gasteiger charge is 2.38. The summed E-state index contributed by atoms with van der Waals surface area (Å²) in [5, 5.41) is 12.8. The molecule has 1 aliphatic rings. The number of nitrogens with one attached hydrogen (secondary N) is 1. The maximum atomic E-state index is 13.0. The number of phenolic OH excluding ortho intramolecular Hbond substituents is 1. The summed E-state index contributed by atoms with van der Waals surface area (Å²) in [7, 11) is 4.39. The minimum Gasteiger partial charge on any atom is -0.502 e. The number of carbonyl (C=O) groups excluding carboxylic acids is 2. The van der Waals surface area contributed by atoms with E-state index in [1.807, 2.05) is 0 Å². The third kappa shape index (κ3) is 4.81. The first-order chi connectivity index (χ1) is 15.3. The summed E-state index contributed by atoms with van der Waals surface area (Å²) >= 11 is 6.46. The molecule has 2 amide bonds. The number of rotatable bonds is 7. The molecule has 1 fully saturated rings. The third-order valence-electron chi connectivity index (χ3n) is 4.75. The van der Waals surface area contributed by atoms with Crippen molar-refractivity contribution < 1.29 is 28.9 Å². The lowest BCUT2D eigenvalue weighted by Gasteiger charge is -2.22. The number of ether oxygens (including phenoxy) is 3. The Morgan fingerprint density at radius 3 is 2.25 bits per heavy atom. The second kappa shape index (κ2) is 9.92. The van der Waals surface area contributed by atoms with E-state index in [0.717, 1.165) is 11.8 Å². The van der Waals surface area contributed by atoms with Crippen molar-refractivity contribution >= 4 is 51.9 Å². The molecule has 168 valence electrons. The van der Waals surface area contributed by atoms with Crippen molar-refractivity contribution in [1.82, 2.24) is 4.90 Å². The Bertz CT molecular complexity index is 1060. The van der Waals surface area contributed by atoms with Gasteiger partial charge >= 0.3 is 0 Å². The number of nitrogens with zero attached hydrogens (tertiary/aromatic N) is 1. The molecule has 3 rings (SSSR count). The van der Waals surface area contributed by atoms with Crippen LogP contribution in [0.2, 0.25) is 0 Å². The predicted molar refractivity (Wildman–Crippen MR) is 127 cm³/mol. The molecular formula is C22H22N2O6S2. The zero-order valence-corrected chi connectivity index (χ0v) is 19.5. The summed E-state index contributed by atoms with van der Waals surface area (Å²) < 4.78 is 15.7. The Hall–Kier alpha value is -3.24. The number of phenols is 1. The van der Waals surface area contributed by atoms with E-state index in [4.69, 9.17) is 26.4 Å². The average molecular weight is 475 g/mol. The fraction of sp³-hybridized carbons (Fsp3) is 0.227. The lowest BCUT2D eigenvalue weighted by atomic mass is 10.1. The molecule has 32 heavy (non-hydrogen) atoms. The van der Waals surface area contributed by atoms with Gasteiger partial charge in [0, 0.05) is 5.69 Å². The van der Waals surface area contributed by atoms with E-state index in [-0.39, 0.29) is 33.4 Å². The van der Waals surface area contributed by atoms with Crippen molar-refractivity contribution in [3.8, 4) is 23.0 Å². The van der Waals surface area contributed by atoms with E-state index in [1.54, 1.807) is 56.5 Å². The van der Waals surface area contributed by atoms with Crippen LogP contribution in [0.15, 0.2) is 41.3 Å². The highest BCUT2D eigenvalue weighted by Crippen LogP contribution is 2.40. The molecule has 0 saturated carbocycles. The minimum absolute atomic E-state index is 0.136. The van der Waals surface area contributed by atoms with Gasteiger partial charge in [0.1, 0.15) is 16.1 Å². The van der Waals surface area contributed by atoms with E-state index in [2.05, 4.69) is 5.32 Å². The molecule has 1 unspecified atom stereocenters. The van der Waals surface area contributed by atoms with Gasteiger partial charge < -0.3 is 24.6 Å². The Labute approximate surface area is 195 Å². The second-order valence-corrected chi connectivity index (χ2v) is 8.40. The first-order valence-corrected chi connectivity index (χ1v) is 10.7. The van der Waals surface area contributed by atoms with Gasteiger partial charge in [-0.25, -0.2) is 0 Å². The molecule has 1 aliphatic heterocycles. The number of carbonyl (C=O) groups is 2. The summed E-state index contributed by atoms with van der Waals surface area (Å²) in [4.78, 5) is 27.4. The van der Waals surface area contributed by atoms with Gasteiger partial charge in [-0.05, 0) is 55.0 Å². The summed E-state index contributed by atoms with van der Waals surface area (Å²) in [6.45, 7) is 1.61. The molecular weight excluding hydrogens is 452 g/mol. The molecule has 1 saturated heterocycles. The second-order valence-electron chi connectivity index (χ2n) is 6.72. The van der Waals surface area contributed by atoms with E-state index < -0.39 is 6.04 Å². The van der Waals surface area contributed by atoms with Gasteiger partial charge in [0.2, 0.25) is 11.7 Å². The predicted octanol–water partition coefficient (Wildman–Crippen LogP) is 3.65. The first kappa shape index (κ1) is 23.4.